The van der Waals surface area contributed by atoms with Crippen LogP contribution in [0.2, 0.25) is 0 Å². The predicted molar refractivity (Wildman–Crippen MR) is 104 cm³/mol. The lowest BCUT2D eigenvalue weighted by molar-refractivity contribution is 1.08. The molecular formula is C21H13N5O. The summed E-state index contributed by atoms with van der Waals surface area (Å²) in [5, 5.41) is 8.98. The van der Waals surface area contributed by atoms with E-state index >= 15 is 0 Å². The van der Waals surface area contributed by atoms with Crippen LogP contribution in [0.15, 0.2) is 77.9 Å². The zero-order chi connectivity index (χ0) is 18.2. The summed E-state index contributed by atoms with van der Waals surface area (Å²) >= 11 is 0. The van der Waals surface area contributed by atoms with Crippen molar-refractivity contribution < 1.29 is 0 Å². The molecular weight excluding hydrogens is 338 g/mol. The van der Waals surface area contributed by atoms with Crippen LogP contribution in [0.25, 0.3) is 44.6 Å². The van der Waals surface area contributed by atoms with E-state index in [-0.39, 0.29) is 5.43 Å². The Morgan fingerprint density at radius 1 is 0.815 bits per heavy atom. The highest BCUT2D eigenvalue weighted by Crippen LogP contribution is 2.31. The van der Waals surface area contributed by atoms with E-state index in [1.807, 2.05) is 54.6 Å². The monoisotopic (exact) mass is 351 g/mol. The highest BCUT2D eigenvalue weighted by molar-refractivity contribution is 5.89. The minimum Gasteiger partial charge on any atom is -0.345 e. The van der Waals surface area contributed by atoms with Crippen molar-refractivity contribution in [3.63, 3.8) is 0 Å². The van der Waals surface area contributed by atoms with Crippen LogP contribution in [0.3, 0.4) is 0 Å². The highest BCUT2D eigenvalue weighted by atomic mass is 16.1. The predicted octanol–water partition coefficient (Wildman–Crippen LogP) is 3.60. The smallest absolute Gasteiger partial charge is 0.209 e. The largest absolute Gasteiger partial charge is 0.345 e. The number of benzene rings is 2. The van der Waals surface area contributed by atoms with Gasteiger partial charge in [-0.1, -0.05) is 36.4 Å². The first-order valence-electron chi connectivity index (χ1n) is 8.46. The lowest BCUT2D eigenvalue weighted by atomic mass is 10.0. The van der Waals surface area contributed by atoms with E-state index in [0.29, 0.717) is 22.6 Å². The molecule has 5 rings (SSSR count). The molecule has 0 saturated carbocycles. The fraction of sp³-hybridized carbons (Fsp3) is 0. The third-order valence-corrected chi connectivity index (χ3v) is 4.42. The molecule has 0 aliphatic carbocycles. The van der Waals surface area contributed by atoms with Gasteiger partial charge in [0.25, 0.3) is 0 Å². The molecule has 3 heterocycles. The highest BCUT2D eigenvalue weighted by Gasteiger charge is 2.15. The van der Waals surface area contributed by atoms with Gasteiger partial charge in [-0.25, -0.2) is 9.97 Å². The summed E-state index contributed by atoms with van der Waals surface area (Å²) in [4.78, 5) is 24.7. The maximum atomic E-state index is 12.3. The molecule has 0 unspecified atom stereocenters. The fourth-order valence-corrected chi connectivity index (χ4v) is 3.12. The number of aromatic amines is 1. The Balaban J connectivity index is 1.85. The zero-order valence-corrected chi connectivity index (χ0v) is 14.1. The van der Waals surface area contributed by atoms with Crippen LogP contribution in [0.5, 0.6) is 0 Å². The number of nitrogens with one attached hydrogen (secondary N) is 1. The Kier molecular flexibility index (Phi) is 3.47. The first-order chi connectivity index (χ1) is 13.3. The van der Waals surface area contributed by atoms with Gasteiger partial charge in [-0.15, -0.1) is 0 Å². The molecule has 0 aliphatic heterocycles. The molecule has 27 heavy (non-hydrogen) atoms. The number of H-pyrrole nitrogens is 1. The van der Waals surface area contributed by atoms with Crippen LogP contribution in [0.4, 0.5) is 0 Å². The van der Waals surface area contributed by atoms with Crippen LogP contribution in [0.1, 0.15) is 0 Å². The molecule has 0 bridgehead atoms. The van der Waals surface area contributed by atoms with Crippen molar-refractivity contribution in [2.75, 3.05) is 0 Å². The molecule has 0 aliphatic rings. The van der Waals surface area contributed by atoms with Crippen LogP contribution in [0, 0.1) is 0 Å². The summed E-state index contributed by atoms with van der Waals surface area (Å²) in [5.74, 6) is 0. The van der Waals surface area contributed by atoms with Gasteiger partial charge in [-0.3, -0.25) is 4.79 Å². The Bertz CT molecular complexity index is 1350. The fourth-order valence-electron chi connectivity index (χ4n) is 3.12. The van der Waals surface area contributed by atoms with Crippen molar-refractivity contribution in [2.45, 2.75) is 0 Å². The molecule has 2 aromatic carbocycles. The lowest BCUT2D eigenvalue weighted by Crippen LogP contribution is -2.06. The molecule has 0 radical (unpaired) electrons. The Hall–Kier alpha value is -3.93. The molecule has 6 nitrogen and oxygen atoms in total. The van der Waals surface area contributed by atoms with Crippen molar-refractivity contribution in [3.8, 4) is 22.5 Å². The van der Waals surface area contributed by atoms with Crippen molar-refractivity contribution in [1.82, 2.24) is 25.1 Å². The zero-order valence-electron chi connectivity index (χ0n) is 14.1. The Morgan fingerprint density at radius 2 is 1.67 bits per heavy atom. The quantitative estimate of drug-likeness (QED) is 0.525. The third kappa shape index (κ3) is 2.64. The van der Waals surface area contributed by atoms with Gasteiger partial charge in [-0.05, 0) is 18.2 Å². The van der Waals surface area contributed by atoms with E-state index in [2.05, 4.69) is 20.2 Å². The molecule has 5 aromatic rings. The standard InChI is InChI=1S/C21H13N5O/c27-17-9-10-22-21-20(17)24-19(18(25-21)13-4-2-1-3-5-13)15-6-7-16-14(12-15)8-11-23-26-16/h1-12H,(H,22,25,27). The molecule has 0 atom stereocenters. The minimum atomic E-state index is -0.163. The van der Waals surface area contributed by atoms with E-state index in [4.69, 9.17) is 4.98 Å². The molecule has 0 amide bonds. The average Bonchev–Trinajstić information content (AvgIpc) is 2.73. The van der Waals surface area contributed by atoms with Crippen LogP contribution >= 0.6 is 0 Å². The summed E-state index contributed by atoms with van der Waals surface area (Å²) < 4.78 is 0. The molecule has 6 heteroatoms. The molecule has 1 N–H and O–H groups in total. The Labute approximate surface area is 153 Å². The number of fused-ring (bicyclic) bond motifs is 2. The summed E-state index contributed by atoms with van der Waals surface area (Å²) in [5.41, 5.74) is 4.59. The average molecular weight is 351 g/mol. The van der Waals surface area contributed by atoms with E-state index < -0.39 is 0 Å². The first-order valence-corrected chi connectivity index (χ1v) is 8.46. The number of pyridine rings is 1. The summed E-state index contributed by atoms with van der Waals surface area (Å²) in [7, 11) is 0. The van der Waals surface area contributed by atoms with Gasteiger partial charge in [0.1, 0.15) is 0 Å². The second kappa shape index (κ2) is 6.10. The van der Waals surface area contributed by atoms with Crippen molar-refractivity contribution in [3.05, 3.63) is 83.3 Å². The van der Waals surface area contributed by atoms with Crippen LogP contribution in [-0.4, -0.2) is 25.1 Å². The second-order valence-electron chi connectivity index (χ2n) is 6.13. The van der Waals surface area contributed by atoms with Gasteiger partial charge in [-0.2, -0.15) is 10.2 Å². The van der Waals surface area contributed by atoms with Gasteiger partial charge in [0.15, 0.2) is 11.2 Å². The van der Waals surface area contributed by atoms with Gasteiger partial charge in [0.05, 0.1) is 23.1 Å². The molecule has 0 saturated heterocycles. The first kappa shape index (κ1) is 15.3. The van der Waals surface area contributed by atoms with Gasteiger partial charge >= 0.3 is 0 Å². The minimum absolute atomic E-state index is 0.163. The number of hydrogen-bond acceptors (Lipinski definition) is 5. The molecule has 0 fully saturated rings. The van der Waals surface area contributed by atoms with Crippen molar-refractivity contribution in [2.24, 2.45) is 0 Å². The second-order valence-corrected chi connectivity index (χ2v) is 6.13. The number of aromatic nitrogens is 5. The number of rotatable bonds is 2. The van der Waals surface area contributed by atoms with Gasteiger partial charge < -0.3 is 4.98 Å². The van der Waals surface area contributed by atoms with Crippen LogP contribution in [-0.2, 0) is 0 Å². The van der Waals surface area contributed by atoms with E-state index in [9.17, 15) is 4.79 Å². The van der Waals surface area contributed by atoms with Gasteiger partial charge in [0.2, 0.25) is 5.43 Å². The van der Waals surface area contributed by atoms with Crippen LogP contribution < -0.4 is 5.43 Å². The topological polar surface area (TPSA) is 84.4 Å². The Morgan fingerprint density at radius 3 is 2.56 bits per heavy atom. The summed E-state index contributed by atoms with van der Waals surface area (Å²) in [6, 6.07) is 19.0. The summed E-state index contributed by atoms with van der Waals surface area (Å²) in [6.45, 7) is 0. The lowest BCUT2D eigenvalue weighted by Gasteiger charge is -2.10. The molecule has 3 aromatic heterocycles. The number of hydrogen-bond donors (Lipinski definition) is 1. The van der Waals surface area contributed by atoms with Gasteiger partial charge in [0, 0.05) is 28.8 Å². The van der Waals surface area contributed by atoms with Crippen molar-refractivity contribution in [1.29, 1.82) is 0 Å². The van der Waals surface area contributed by atoms with E-state index in [1.165, 1.54) is 6.07 Å². The summed E-state index contributed by atoms with van der Waals surface area (Å²) in [6.07, 6.45) is 3.24. The molecule has 128 valence electrons. The normalized spacial score (nSPS) is 11.1. The molecule has 0 spiro atoms. The van der Waals surface area contributed by atoms with E-state index in [1.54, 1.807) is 12.4 Å². The third-order valence-electron chi connectivity index (χ3n) is 4.42. The van der Waals surface area contributed by atoms with Crippen molar-refractivity contribution >= 4 is 22.1 Å². The maximum Gasteiger partial charge on any atom is 0.209 e. The van der Waals surface area contributed by atoms with E-state index in [0.717, 1.165) is 22.0 Å². The SMILES string of the molecule is O=c1cc[nH]c2nc(-c3ccccc3)c(-c3ccc4nnccc4c3)nc12. The number of nitrogens with zero attached hydrogens (tertiary/aromatic N) is 4. The maximum absolute atomic E-state index is 12.3.